The van der Waals surface area contributed by atoms with Crippen LogP contribution in [0.5, 0.6) is 0 Å². The van der Waals surface area contributed by atoms with Crippen LogP contribution >= 0.6 is 0 Å². The SMILES string of the molecule is CCCCCCCCCCCCC(F)(C(F)(F)F)S(=O)(=O)N=S(=O)(OF)C(F)F. The first-order valence-corrected chi connectivity index (χ1v) is 12.1. The summed E-state index contributed by atoms with van der Waals surface area (Å²) >= 11 is 0. The maximum atomic E-state index is 14.4. The van der Waals surface area contributed by atoms with E-state index in [1.807, 2.05) is 0 Å². The van der Waals surface area contributed by atoms with E-state index in [0.29, 0.717) is 12.8 Å². The van der Waals surface area contributed by atoms with Crippen molar-refractivity contribution >= 4 is 20.0 Å². The van der Waals surface area contributed by atoms with Crippen LogP contribution in [0.25, 0.3) is 0 Å². The van der Waals surface area contributed by atoms with Gasteiger partial charge in [-0.15, -0.1) is 0 Å². The fourth-order valence-electron chi connectivity index (χ4n) is 2.52. The van der Waals surface area contributed by atoms with Gasteiger partial charge < -0.3 is 0 Å². The van der Waals surface area contributed by atoms with Crippen LogP contribution in [0.3, 0.4) is 0 Å². The minimum Gasteiger partial charge on any atom is -0.214 e. The molecule has 0 amide bonds. The summed E-state index contributed by atoms with van der Waals surface area (Å²) in [6.45, 7) is 2.07. The molecule has 0 aromatic carbocycles. The summed E-state index contributed by atoms with van der Waals surface area (Å²) in [5, 5.41) is -5.09. The van der Waals surface area contributed by atoms with Gasteiger partial charge in [-0.1, -0.05) is 72.9 Å². The maximum Gasteiger partial charge on any atom is 0.439 e. The Bertz CT molecular complexity index is 691. The molecule has 0 aliphatic heterocycles. The largest absolute Gasteiger partial charge is 0.439 e. The average Bonchev–Trinajstić information content (AvgIpc) is 2.61. The van der Waals surface area contributed by atoms with Crippen LogP contribution in [0.2, 0.25) is 0 Å². The molecule has 2 unspecified atom stereocenters. The van der Waals surface area contributed by atoms with E-state index < -0.39 is 49.8 Å². The first kappa shape index (κ1) is 28.4. The summed E-state index contributed by atoms with van der Waals surface area (Å²) < 4.78 is 129. The van der Waals surface area contributed by atoms with E-state index in [4.69, 9.17) is 0 Å². The van der Waals surface area contributed by atoms with Crippen LogP contribution in [0, 0.1) is 0 Å². The molecule has 0 N–H and O–H groups in total. The molecular weight excluding hydrogens is 455 g/mol. The van der Waals surface area contributed by atoms with Crippen molar-refractivity contribution in [2.45, 2.75) is 94.5 Å². The van der Waals surface area contributed by atoms with Crippen molar-refractivity contribution in [1.29, 1.82) is 0 Å². The number of halogens is 7. The summed E-state index contributed by atoms with van der Waals surface area (Å²) in [7, 11) is -12.5. The van der Waals surface area contributed by atoms with Gasteiger partial charge in [0.05, 0.1) is 0 Å². The highest BCUT2D eigenvalue weighted by Gasteiger charge is 2.66. The molecule has 0 spiro atoms. The number of nitrogens with zero attached hydrogens (tertiary/aromatic N) is 1. The molecule has 0 fully saturated rings. The smallest absolute Gasteiger partial charge is 0.214 e. The second-order valence-electron chi connectivity index (χ2n) is 6.55. The lowest BCUT2D eigenvalue weighted by Crippen LogP contribution is -2.47. The van der Waals surface area contributed by atoms with Crippen LogP contribution < -0.4 is 0 Å². The third kappa shape index (κ3) is 8.56. The summed E-state index contributed by atoms with van der Waals surface area (Å²) in [5.74, 6) is -4.41. The Morgan fingerprint density at radius 3 is 1.59 bits per heavy atom. The lowest BCUT2D eigenvalue weighted by atomic mass is 10.0. The molecule has 0 heterocycles. The van der Waals surface area contributed by atoms with Crippen LogP contribution in [0.1, 0.15) is 77.6 Å². The third-order valence-electron chi connectivity index (χ3n) is 4.20. The Hall–Kier alpha value is -0.630. The van der Waals surface area contributed by atoms with Gasteiger partial charge in [0.25, 0.3) is 10.0 Å². The van der Waals surface area contributed by atoms with Gasteiger partial charge in [-0.05, 0) is 10.9 Å². The molecule has 2 atom stereocenters. The minimum absolute atomic E-state index is 0.0517. The van der Waals surface area contributed by atoms with Gasteiger partial charge in [0.15, 0.2) is 0 Å². The van der Waals surface area contributed by atoms with Crippen molar-refractivity contribution in [3.63, 3.8) is 0 Å². The van der Waals surface area contributed by atoms with Crippen LogP contribution in [-0.4, -0.2) is 29.6 Å². The molecule has 5 nitrogen and oxygen atoms in total. The number of hydrogen-bond acceptors (Lipinski definition) is 4. The van der Waals surface area contributed by atoms with E-state index in [1.165, 1.54) is 0 Å². The van der Waals surface area contributed by atoms with Crippen molar-refractivity contribution < 1.29 is 47.9 Å². The zero-order chi connectivity index (χ0) is 22.8. The molecule has 0 aliphatic carbocycles. The molecule has 0 aliphatic rings. The van der Waals surface area contributed by atoms with Crippen molar-refractivity contribution in [1.82, 2.24) is 0 Å². The molecule has 0 aromatic rings. The van der Waals surface area contributed by atoms with Crippen molar-refractivity contribution in [2.75, 3.05) is 0 Å². The highest BCUT2D eigenvalue weighted by atomic mass is 32.3. The fourth-order valence-corrected chi connectivity index (χ4v) is 5.19. The van der Waals surface area contributed by atoms with Crippen LogP contribution in [0.15, 0.2) is 3.77 Å². The monoisotopic (exact) mass is 481 g/mol. The zero-order valence-corrected chi connectivity index (χ0v) is 17.5. The van der Waals surface area contributed by atoms with Crippen molar-refractivity contribution in [2.24, 2.45) is 3.77 Å². The van der Waals surface area contributed by atoms with E-state index in [2.05, 4.69) is 11.3 Å². The van der Waals surface area contributed by atoms with Crippen LogP contribution in [-0.2, 0) is 24.4 Å². The third-order valence-corrected chi connectivity index (χ3v) is 7.70. The quantitative estimate of drug-likeness (QED) is 0.201. The molecule has 0 radical (unpaired) electrons. The van der Waals surface area contributed by atoms with E-state index in [-0.39, 0.29) is 6.42 Å². The normalized spacial score (nSPS) is 17.1. The highest BCUT2D eigenvalue weighted by molar-refractivity contribution is 8.01. The second-order valence-corrected chi connectivity index (χ2v) is 10.3. The molecule has 0 aromatic heterocycles. The van der Waals surface area contributed by atoms with Gasteiger partial charge >= 0.3 is 27.0 Å². The predicted molar refractivity (Wildman–Crippen MR) is 94.0 cm³/mol. The van der Waals surface area contributed by atoms with E-state index in [1.54, 1.807) is 3.77 Å². The van der Waals surface area contributed by atoms with Gasteiger partial charge in [0.1, 0.15) is 0 Å². The Balaban J connectivity index is 4.98. The number of hydrogen-bond donors (Lipinski definition) is 0. The fraction of sp³-hybridized carbons (Fsp3) is 1.00. The number of sulfonamides is 1. The summed E-state index contributed by atoms with van der Waals surface area (Å²) in [6.07, 6.45) is -1.07. The van der Waals surface area contributed by atoms with Gasteiger partial charge in [0.2, 0.25) is 0 Å². The molecule has 0 bridgehead atoms. The van der Waals surface area contributed by atoms with E-state index in [0.717, 1.165) is 38.5 Å². The minimum atomic E-state index is -6.49. The molecule has 0 saturated heterocycles. The Labute approximate surface area is 166 Å². The predicted octanol–water partition coefficient (Wildman–Crippen LogP) is 6.36. The summed E-state index contributed by atoms with van der Waals surface area (Å²) in [6, 6.07) is 0. The summed E-state index contributed by atoms with van der Waals surface area (Å²) in [4.78, 5) is 0. The number of rotatable bonds is 15. The van der Waals surface area contributed by atoms with Gasteiger partial charge in [0, 0.05) is 6.42 Å². The standard InChI is InChI=1S/C15H26F7NO4S2/c1-2-3-4-5-6-7-8-9-10-11-12-14(18,15(19,20)21)29(25,26)23-28(24,27-22)13(16)17/h13H,2-12H2,1H3. The lowest BCUT2D eigenvalue weighted by Gasteiger charge is -2.25. The lowest BCUT2D eigenvalue weighted by molar-refractivity contribution is -0.199. The van der Waals surface area contributed by atoms with E-state index >= 15 is 0 Å². The molecule has 176 valence electrons. The van der Waals surface area contributed by atoms with Crippen molar-refractivity contribution in [3.05, 3.63) is 0 Å². The summed E-state index contributed by atoms with van der Waals surface area (Å²) in [5.41, 5.74) is 0. The molecule has 0 rings (SSSR count). The van der Waals surface area contributed by atoms with Gasteiger partial charge in [-0.25, -0.2) is 17.0 Å². The number of unbranched alkanes of at least 4 members (excludes halogenated alkanes) is 9. The molecule has 14 heteroatoms. The molecule has 0 saturated carbocycles. The first-order chi connectivity index (χ1) is 13.3. The average molecular weight is 481 g/mol. The van der Waals surface area contributed by atoms with Gasteiger partial charge in [-0.2, -0.15) is 22.0 Å². The first-order valence-electron chi connectivity index (χ1n) is 9.13. The maximum absolute atomic E-state index is 14.4. The van der Waals surface area contributed by atoms with Crippen LogP contribution in [0.4, 0.5) is 30.9 Å². The van der Waals surface area contributed by atoms with E-state index in [9.17, 15) is 43.5 Å². The van der Waals surface area contributed by atoms with Gasteiger partial charge in [-0.3, -0.25) is 0 Å². The Kier molecular flexibility index (Phi) is 12.0. The Morgan fingerprint density at radius 1 is 0.828 bits per heavy atom. The molecular formula is C15H26F7NO4S2. The highest BCUT2D eigenvalue weighted by Crippen LogP contribution is 2.44. The topological polar surface area (TPSA) is 72.8 Å². The van der Waals surface area contributed by atoms with Crippen molar-refractivity contribution in [3.8, 4) is 0 Å². The second kappa shape index (κ2) is 12.3. The zero-order valence-electron chi connectivity index (χ0n) is 15.9. The Morgan fingerprint density at radius 2 is 1.24 bits per heavy atom. The molecule has 29 heavy (non-hydrogen) atoms. The number of alkyl halides is 6.